The van der Waals surface area contributed by atoms with Crippen LogP contribution in [-0.2, 0) is 4.79 Å². The Morgan fingerprint density at radius 2 is 1.50 bits per heavy atom. The van der Waals surface area contributed by atoms with E-state index in [1.54, 1.807) is 6.20 Å². The van der Waals surface area contributed by atoms with Crippen LogP contribution in [0.5, 0.6) is 5.75 Å². The summed E-state index contributed by atoms with van der Waals surface area (Å²) in [6.45, 7) is 1.33. The fourth-order valence-electron chi connectivity index (χ4n) is 3.36. The Kier molecular flexibility index (Phi) is 4.41. The van der Waals surface area contributed by atoms with Gasteiger partial charge >= 0.3 is 11.9 Å². The SMILES string of the molecule is CC(=O)Oc1c(-c2ccccc2)c(-c2ccccc2)n2ccc(C(=O)O)cc12. The smallest absolute Gasteiger partial charge is 0.335 e. The summed E-state index contributed by atoms with van der Waals surface area (Å²) in [6, 6.07) is 22.4. The minimum Gasteiger partial charge on any atom is -0.478 e. The van der Waals surface area contributed by atoms with Crippen LogP contribution in [0, 0.1) is 0 Å². The number of hydrogen-bond acceptors (Lipinski definition) is 3. The van der Waals surface area contributed by atoms with Crippen LogP contribution in [-0.4, -0.2) is 21.4 Å². The lowest BCUT2D eigenvalue weighted by Gasteiger charge is -2.08. The minimum absolute atomic E-state index is 0.123. The van der Waals surface area contributed by atoms with Crippen LogP contribution in [0.25, 0.3) is 27.9 Å². The second-order valence-electron chi connectivity index (χ2n) is 6.35. The van der Waals surface area contributed by atoms with E-state index < -0.39 is 11.9 Å². The number of rotatable bonds is 4. The molecule has 0 aliphatic rings. The summed E-state index contributed by atoms with van der Waals surface area (Å²) in [5.41, 5.74) is 4.01. The van der Waals surface area contributed by atoms with Crippen LogP contribution in [0.1, 0.15) is 17.3 Å². The third-order valence-electron chi connectivity index (χ3n) is 4.49. The second kappa shape index (κ2) is 7.04. The number of benzene rings is 2. The Morgan fingerprint density at radius 3 is 2.07 bits per heavy atom. The molecular formula is C23H17NO4. The molecule has 0 spiro atoms. The average molecular weight is 371 g/mol. The van der Waals surface area contributed by atoms with Gasteiger partial charge in [-0.3, -0.25) is 4.79 Å². The van der Waals surface area contributed by atoms with Crippen molar-refractivity contribution >= 4 is 17.5 Å². The van der Waals surface area contributed by atoms with E-state index in [-0.39, 0.29) is 5.56 Å². The van der Waals surface area contributed by atoms with Gasteiger partial charge in [-0.05, 0) is 23.3 Å². The highest BCUT2D eigenvalue weighted by atomic mass is 16.5. The number of aromatic carboxylic acids is 1. The fourth-order valence-corrected chi connectivity index (χ4v) is 3.36. The van der Waals surface area contributed by atoms with Crippen LogP contribution in [0.3, 0.4) is 0 Å². The topological polar surface area (TPSA) is 68.0 Å². The largest absolute Gasteiger partial charge is 0.478 e. The van der Waals surface area contributed by atoms with E-state index in [1.165, 1.54) is 19.1 Å². The number of carboxylic acids is 1. The number of aromatic nitrogens is 1. The van der Waals surface area contributed by atoms with E-state index in [0.29, 0.717) is 11.3 Å². The van der Waals surface area contributed by atoms with Crippen molar-refractivity contribution in [1.29, 1.82) is 0 Å². The molecule has 138 valence electrons. The van der Waals surface area contributed by atoms with E-state index in [9.17, 15) is 14.7 Å². The molecule has 28 heavy (non-hydrogen) atoms. The van der Waals surface area contributed by atoms with Crippen molar-refractivity contribution in [2.24, 2.45) is 0 Å². The van der Waals surface area contributed by atoms with Gasteiger partial charge in [-0.15, -0.1) is 0 Å². The van der Waals surface area contributed by atoms with Crippen LogP contribution in [0.2, 0.25) is 0 Å². The maximum Gasteiger partial charge on any atom is 0.335 e. The van der Waals surface area contributed by atoms with Crippen molar-refractivity contribution in [2.75, 3.05) is 0 Å². The molecule has 0 radical (unpaired) electrons. The first-order valence-corrected chi connectivity index (χ1v) is 8.77. The number of carbonyl (C=O) groups is 2. The van der Waals surface area contributed by atoms with Gasteiger partial charge in [0.25, 0.3) is 0 Å². The van der Waals surface area contributed by atoms with E-state index in [4.69, 9.17) is 4.74 Å². The summed E-state index contributed by atoms with van der Waals surface area (Å²) < 4.78 is 7.46. The summed E-state index contributed by atoms with van der Waals surface area (Å²) >= 11 is 0. The lowest BCUT2D eigenvalue weighted by molar-refractivity contribution is -0.131. The van der Waals surface area contributed by atoms with E-state index in [1.807, 2.05) is 65.1 Å². The highest BCUT2D eigenvalue weighted by Gasteiger charge is 2.24. The number of fused-ring (bicyclic) bond motifs is 1. The number of esters is 1. The van der Waals surface area contributed by atoms with Gasteiger partial charge in [0, 0.05) is 13.1 Å². The predicted molar refractivity (Wildman–Crippen MR) is 107 cm³/mol. The van der Waals surface area contributed by atoms with Gasteiger partial charge < -0.3 is 14.2 Å². The van der Waals surface area contributed by atoms with Crippen LogP contribution in [0.4, 0.5) is 0 Å². The number of pyridine rings is 1. The van der Waals surface area contributed by atoms with E-state index >= 15 is 0 Å². The van der Waals surface area contributed by atoms with Crippen molar-refractivity contribution in [3.05, 3.63) is 84.6 Å². The number of carboxylic acid groups (broad SMARTS) is 1. The Labute approximate surface area is 161 Å². The number of hydrogen-bond donors (Lipinski definition) is 1. The molecule has 5 nitrogen and oxygen atoms in total. The fraction of sp³-hybridized carbons (Fsp3) is 0.0435. The zero-order valence-corrected chi connectivity index (χ0v) is 15.1. The molecule has 0 amide bonds. The highest BCUT2D eigenvalue weighted by molar-refractivity contribution is 5.98. The summed E-state index contributed by atoms with van der Waals surface area (Å²) in [6.07, 6.45) is 1.69. The van der Waals surface area contributed by atoms with Crippen LogP contribution in [0.15, 0.2) is 79.0 Å². The Bertz CT molecular complexity index is 1180. The molecule has 1 N–H and O–H groups in total. The van der Waals surface area contributed by atoms with Crippen molar-refractivity contribution < 1.29 is 19.4 Å². The molecule has 4 rings (SSSR count). The third kappa shape index (κ3) is 3.03. The standard InChI is InChI=1S/C23H17NO4/c1-15(25)28-22-19-14-18(23(26)27)12-13-24(19)21(17-10-6-3-7-11-17)20(22)16-8-4-2-5-9-16/h2-14H,1H3,(H,26,27). The maximum absolute atomic E-state index is 11.9. The van der Waals surface area contributed by atoms with Gasteiger partial charge in [0.2, 0.25) is 0 Å². The molecule has 0 aliphatic carbocycles. The zero-order valence-electron chi connectivity index (χ0n) is 15.1. The summed E-state index contributed by atoms with van der Waals surface area (Å²) in [4.78, 5) is 23.3. The molecule has 0 fully saturated rings. The number of ether oxygens (including phenoxy) is 1. The van der Waals surface area contributed by atoms with Crippen LogP contribution < -0.4 is 4.74 Å². The lowest BCUT2D eigenvalue weighted by atomic mass is 10.0. The van der Waals surface area contributed by atoms with Crippen molar-refractivity contribution in [2.45, 2.75) is 6.92 Å². The Morgan fingerprint density at radius 1 is 0.893 bits per heavy atom. The van der Waals surface area contributed by atoms with Gasteiger partial charge in [-0.1, -0.05) is 60.7 Å². The predicted octanol–water partition coefficient (Wildman–Crippen LogP) is 4.90. The zero-order chi connectivity index (χ0) is 19.7. The molecule has 4 aromatic rings. The molecule has 5 heteroatoms. The monoisotopic (exact) mass is 371 g/mol. The molecule has 0 aliphatic heterocycles. The summed E-state index contributed by atoms with van der Waals surface area (Å²) in [7, 11) is 0. The molecule has 0 saturated heterocycles. The Balaban J connectivity index is 2.15. The number of carbonyl (C=O) groups excluding carboxylic acids is 1. The van der Waals surface area contributed by atoms with Gasteiger partial charge in [-0.2, -0.15) is 0 Å². The molecule has 0 atom stereocenters. The molecule has 2 aromatic carbocycles. The molecule has 2 aromatic heterocycles. The average Bonchev–Trinajstić information content (AvgIpc) is 3.02. The van der Waals surface area contributed by atoms with Crippen LogP contribution >= 0.6 is 0 Å². The first-order chi connectivity index (χ1) is 13.6. The first-order valence-electron chi connectivity index (χ1n) is 8.77. The van der Waals surface area contributed by atoms with Gasteiger partial charge in [0.05, 0.1) is 22.3 Å². The second-order valence-corrected chi connectivity index (χ2v) is 6.35. The molecule has 0 saturated carbocycles. The summed E-state index contributed by atoms with van der Waals surface area (Å²) in [5, 5.41) is 9.41. The van der Waals surface area contributed by atoms with Gasteiger partial charge in [0.1, 0.15) is 0 Å². The van der Waals surface area contributed by atoms with Gasteiger partial charge in [0.15, 0.2) is 5.75 Å². The quantitative estimate of drug-likeness (QED) is 0.518. The lowest BCUT2D eigenvalue weighted by Crippen LogP contribution is -2.03. The minimum atomic E-state index is -1.04. The van der Waals surface area contributed by atoms with E-state index in [2.05, 4.69) is 0 Å². The Hall–Kier alpha value is -3.86. The molecular weight excluding hydrogens is 354 g/mol. The third-order valence-corrected chi connectivity index (χ3v) is 4.49. The molecule has 0 bridgehead atoms. The van der Waals surface area contributed by atoms with Gasteiger partial charge in [-0.25, -0.2) is 4.79 Å². The normalized spacial score (nSPS) is 10.8. The van der Waals surface area contributed by atoms with E-state index in [0.717, 1.165) is 22.4 Å². The highest BCUT2D eigenvalue weighted by Crippen LogP contribution is 2.44. The van der Waals surface area contributed by atoms with Crippen molar-refractivity contribution in [3.63, 3.8) is 0 Å². The molecule has 0 unspecified atom stereocenters. The summed E-state index contributed by atoms with van der Waals surface area (Å²) in [5.74, 6) is -1.16. The first kappa shape index (κ1) is 17.5. The maximum atomic E-state index is 11.9. The van der Waals surface area contributed by atoms with Crippen molar-refractivity contribution in [1.82, 2.24) is 4.40 Å². The van der Waals surface area contributed by atoms with Crippen molar-refractivity contribution in [3.8, 4) is 28.1 Å². The molecule has 2 heterocycles. The number of nitrogens with zero attached hydrogens (tertiary/aromatic N) is 1.